The first-order valence-corrected chi connectivity index (χ1v) is 9.20. The zero-order valence-electron chi connectivity index (χ0n) is 12.4. The van der Waals surface area contributed by atoms with Gasteiger partial charge in [-0.3, -0.25) is 10.1 Å². The normalized spacial score (nSPS) is 13.6. The summed E-state index contributed by atoms with van der Waals surface area (Å²) in [5.74, 6) is 0.566. The van der Waals surface area contributed by atoms with E-state index in [2.05, 4.69) is 14.7 Å². The zero-order chi connectivity index (χ0) is 15.6. The second-order valence-electron chi connectivity index (χ2n) is 5.51. The molecule has 0 saturated carbocycles. The van der Waals surface area contributed by atoms with Gasteiger partial charge in [-0.2, -0.15) is 9.36 Å². The fourth-order valence-corrected chi connectivity index (χ4v) is 4.47. The third-order valence-electron chi connectivity index (χ3n) is 3.90. The molecule has 1 aromatic carbocycles. The number of benzene rings is 1. The van der Waals surface area contributed by atoms with Gasteiger partial charge in [-0.05, 0) is 37.3 Å². The lowest BCUT2D eigenvalue weighted by Gasteiger charge is -2.08. The van der Waals surface area contributed by atoms with Gasteiger partial charge in [0.25, 0.3) is 5.91 Å². The number of fused-ring (bicyclic) bond motifs is 1. The summed E-state index contributed by atoms with van der Waals surface area (Å²) in [5.41, 5.74) is 2.30. The van der Waals surface area contributed by atoms with Crippen LogP contribution < -0.4 is 5.32 Å². The summed E-state index contributed by atoms with van der Waals surface area (Å²) in [6.07, 6.45) is 4.65. The summed E-state index contributed by atoms with van der Waals surface area (Å²) in [6, 6.07) is 11.8. The van der Waals surface area contributed by atoms with E-state index < -0.39 is 0 Å². The number of hydrogen-bond donors (Lipinski definition) is 1. The van der Waals surface area contributed by atoms with Crippen molar-refractivity contribution in [3.05, 3.63) is 51.7 Å². The van der Waals surface area contributed by atoms with Crippen LogP contribution in [0.4, 0.5) is 5.13 Å². The van der Waals surface area contributed by atoms with Crippen LogP contribution in [0.25, 0.3) is 11.4 Å². The molecular formula is C17H15N3OS2. The van der Waals surface area contributed by atoms with E-state index in [1.807, 2.05) is 36.4 Å². The van der Waals surface area contributed by atoms with Crippen molar-refractivity contribution in [3.8, 4) is 11.4 Å². The van der Waals surface area contributed by atoms with Crippen molar-refractivity contribution in [2.75, 3.05) is 5.32 Å². The summed E-state index contributed by atoms with van der Waals surface area (Å²) in [7, 11) is 0. The Kier molecular flexibility index (Phi) is 3.93. The molecule has 6 heteroatoms. The standard InChI is InChI=1S/C17H15N3OS2/c21-16(14-10-12-8-4-5-9-13(12)22-14)19-17-18-15(20-23-17)11-6-2-1-3-7-11/h1-3,6-7,10H,4-5,8-9H2,(H,18,19,20,21). The van der Waals surface area contributed by atoms with Crippen LogP contribution in [0, 0.1) is 0 Å². The molecule has 0 bridgehead atoms. The van der Waals surface area contributed by atoms with E-state index >= 15 is 0 Å². The molecule has 2 heterocycles. The monoisotopic (exact) mass is 341 g/mol. The molecule has 116 valence electrons. The predicted octanol–water partition coefficient (Wildman–Crippen LogP) is 4.40. The van der Waals surface area contributed by atoms with Crippen LogP contribution in [-0.4, -0.2) is 15.3 Å². The van der Waals surface area contributed by atoms with Crippen LogP contribution >= 0.6 is 22.9 Å². The average molecular weight is 341 g/mol. The Hall–Kier alpha value is -2.05. The summed E-state index contributed by atoms with van der Waals surface area (Å²) in [4.78, 5) is 19.0. The molecule has 23 heavy (non-hydrogen) atoms. The number of thiophene rings is 1. The highest BCUT2D eigenvalue weighted by atomic mass is 32.1. The fourth-order valence-electron chi connectivity index (χ4n) is 2.74. The number of carbonyl (C=O) groups is 1. The molecule has 0 unspecified atom stereocenters. The molecular weight excluding hydrogens is 326 g/mol. The van der Waals surface area contributed by atoms with Gasteiger partial charge < -0.3 is 0 Å². The highest BCUT2D eigenvalue weighted by Gasteiger charge is 2.18. The molecule has 4 rings (SSSR count). The van der Waals surface area contributed by atoms with E-state index in [-0.39, 0.29) is 5.91 Å². The zero-order valence-corrected chi connectivity index (χ0v) is 14.0. The summed E-state index contributed by atoms with van der Waals surface area (Å²) in [5, 5.41) is 3.42. The van der Waals surface area contributed by atoms with Crippen molar-refractivity contribution < 1.29 is 4.79 Å². The second kappa shape index (κ2) is 6.22. The van der Waals surface area contributed by atoms with Gasteiger partial charge >= 0.3 is 0 Å². The van der Waals surface area contributed by atoms with Crippen molar-refractivity contribution in [2.45, 2.75) is 25.7 Å². The molecule has 0 atom stereocenters. The molecule has 0 spiro atoms. The quantitative estimate of drug-likeness (QED) is 0.768. The minimum absolute atomic E-state index is 0.0832. The molecule has 4 nitrogen and oxygen atoms in total. The second-order valence-corrected chi connectivity index (χ2v) is 7.40. The number of hydrogen-bond acceptors (Lipinski definition) is 5. The molecule has 3 aromatic rings. The van der Waals surface area contributed by atoms with Gasteiger partial charge in [-0.25, -0.2) is 0 Å². The Balaban J connectivity index is 1.51. The minimum Gasteiger partial charge on any atom is -0.296 e. The maximum absolute atomic E-state index is 12.4. The average Bonchev–Trinajstić information content (AvgIpc) is 3.22. The molecule has 0 aliphatic heterocycles. The number of nitrogens with zero attached hydrogens (tertiary/aromatic N) is 2. The van der Waals surface area contributed by atoms with Crippen molar-refractivity contribution >= 4 is 33.9 Å². The van der Waals surface area contributed by atoms with Crippen molar-refractivity contribution in [2.24, 2.45) is 0 Å². The lowest BCUT2D eigenvalue weighted by molar-refractivity contribution is 0.103. The maximum atomic E-state index is 12.4. The van der Waals surface area contributed by atoms with E-state index in [0.717, 1.165) is 23.3 Å². The molecule has 1 aliphatic rings. The number of aromatic nitrogens is 2. The molecule has 1 amide bonds. The lowest BCUT2D eigenvalue weighted by atomic mass is 9.99. The summed E-state index contributed by atoms with van der Waals surface area (Å²) in [6.45, 7) is 0. The maximum Gasteiger partial charge on any atom is 0.267 e. The number of anilines is 1. The van der Waals surface area contributed by atoms with Gasteiger partial charge in [0.1, 0.15) is 0 Å². The molecule has 2 aromatic heterocycles. The molecule has 0 saturated heterocycles. The van der Waals surface area contributed by atoms with Crippen LogP contribution in [-0.2, 0) is 12.8 Å². The van der Waals surface area contributed by atoms with Gasteiger partial charge in [0, 0.05) is 22.0 Å². The third-order valence-corrected chi connectivity index (χ3v) is 5.77. The first-order valence-electron chi connectivity index (χ1n) is 7.62. The van der Waals surface area contributed by atoms with Gasteiger partial charge in [-0.15, -0.1) is 11.3 Å². The van der Waals surface area contributed by atoms with E-state index in [9.17, 15) is 4.79 Å². The predicted molar refractivity (Wildman–Crippen MR) is 94.3 cm³/mol. The molecule has 1 aliphatic carbocycles. The van der Waals surface area contributed by atoms with Crippen LogP contribution in [0.1, 0.15) is 33.0 Å². The Morgan fingerprint density at radius 3 is 2.78 bits per heavy atom. The Morgan fingerprint density at radius 2 is 1.96 bits per heavy atom. The first-order chi connectivity index (χ1) is 11.3. The highest BCUT2D eigenvalue weighted by Crippen LogP contribution is 2.30. The van der Waals surface area contributed by atoms with Gasteiger partial charge in [0.15, 0.2) is 5.82 Å². The van der Waals surface area contributed by atoms with E-state index in [0.29, 0.717) is 11.0 Å². The molecule has 1 N–H and O–H groups in total. The van der Waals surface area contributed by atoms with Gasteiger partial charge in [0.05, 0.1) is 4.88 Å². The van der Waals surface area contributed by atoms with Crippen molar-refractivity contribution in [1.29, 1.82) is 0 Å². The topological polar surface area (TPSA) is 54.9 Å². The van der Waals surface area contributed by atoms with Crippen molar-refractivity contribution in [3.63, 3.8) is 0 Å². The van der Waals surface area contributed by atoms with Crippen LogP contribution in [0.5, 0.6) is 0 Å². The molecule has 0 fully saturated rings. The molecule has 0 radical (unpaired) electrons. The number of carbonyl (C=O) groups excluding carboxylic acids is 1. The van der Waals surface area contributed by atoms with E-state index in [4.69, 9.17) is 0 Å². The van der Waals surface area contributed by atoms with Gasteiger partial charge in [-0.1, -0.05) is 30.3 Å². The lowest BCUT2D eigenvalue weighted by Crippen LogP contribution is -2.09. The number of aryl methyl sites for hydroxylation is 2. The SMILES string of the molecule is O=C(Nc1nc(-c2ccccc2)ns1)c1cc2c(s1)CCCC2. The highest BCUT2D eigenvalue weighted by molar-refractivity contribution is 7.14. The van der Waals surface area contributed by atoms with Crippen molar-refractivity contribution in [1.82, 2.24) is 9.36 Å². The Bertz CT molecular complexity index is 815. The summed E-state index contributed by atoms with van der Waals surface area (Å²) >= 11 is 2.82. The van der Waals surface area contributed by atoms with Crippen LogP contribution in [0.15, 0.2) is 36.4 Å². The summed E-state index contributed by atoms with van der Waals surface area (Å²) < 4.78 is 4.32. The van der Waals surface area contributed by atoms with Gasteiger partial charge in [0.2, 0.25) is 5.13 Å². The first kappa shape index (κ1) is 14.5. The fraction of sp³-hybridized carbons (Fsp3) is 0.235. The number of amides is 1. The number of rotatable bonds is 3. The smallest absolute Gasteiger partial charge is 0.267 e. The van der Waals surface area contributed by atoms with Crippen LogP contribution in [0.2, 0.25) is 0 Å². The Labute approximate surface area is 142 Å². The third kappa shape index (κ3) is 3.04. The number of nitrogens with one attached hydrogen (secondary N) is 1. The van der Waals surface area contributed by atoms with Crippen LogP contribution in [0.3, 0.4) is 0 Å². The van der Waals surface area contributed by atoms with E-state index in [1.54, 1.807) is 11.3 Å². The van der Waals surface area contributed by atoms with E-state index in [1.165, 1.54) is 34.8 Å². The largest absolute Gasteiger partial charge is 0.296 e. The Morgan fingerprint density at radius 1 is 1.13 bits per heavy atom. The minimum atomic E-state index is -0.0832.